The summed E-state index contributed by atoms with van der Waals surface area (Å²) >= 11 is 5.06. The molecule has 1 amide bonds. The third-order valence-corrected chi connectivity index (χ3v) is 7.97. The lowest BCUT2D eigenvalue weighted by molar-refractivity contribution is -0.118. The lowest BCUT2D eigenvalue weighted by atomic mass is 10.3. The van der Waals surface area contributed by atoms with Crippen LogP contribution in [0, 0.1) is 0 Å². The molecule has 4 rings (SSSR count). The van der Waals surface area contributed by atoms with Gasteiger partial charge >= 0.3 is 0 Å². The van der Waals surface area contributed by atoms with Crippen LogP contribution in [-0.2, 0) is 9.53 Å². The lowest BCUT2D eigenvalue weighted by Gasteiger charge is -2.29. The van der Waals surface area contributed by atoms with E-state index in [1.807, 2.05) is 23.1 Å². The molecule has 2 aromatic carbocycles. The normalized spacial score (nSPS) is 14.3. The highest BCUT2D eigenvalue weighted by Gasteiger charge is 2.21. The summed E-state index contributed by atoms with van der Waals surface area (Å²) in [7, 11) is 0. The lowest BCUT2D eigenvalue weighted by Crippen LogP contribution is -2.43. The van der Waals surface area contributed by atoms with Gasteiger partial charge in [0.15, 0.2) is 5.13 Å². The Hall–Kier alpha value is -1.29. The van der Waals surface area contributed by atoms with Crippen LogP contribution < -0.4 is 4.90 Å². The van der Waals surface area contributed by atoms with Crippen LogP contribution in [0.1, 0.15) is 6.42 Å². The predicted octanol–water partition coefficient (Wildman–Crippen LogP) is 5.29. The molecule has 3 aromatic rings. The minimum absolute atomic E-state index is 0. The van der Waals surface area contributed by atoms with Gasteiger partial charge in [0, 0.05) is 48.1 Å². The van der Waals surface area contributed by atoms with E-state index < -0.39 is 0 Å². The minimum atomic E-state index is 0. The molecule has 0 unspecified atom stereocenters. The second-order valence-electron chi connectivity index (χ2n) is 7.24. The van der Waals surface area contributed by atoms with Crippen molar-refractivity contribution in [1.82, 2.24) is 9.88 Å². The van der Waals surface area contributed by atoms with Gasteiger partial charge in [-0.25, -0.2) is 4.98 Å². The van der Waals surface area contributed by atoms with Crippen LogP contribution in [0.25, 0.3) is 10.2 Å². The van der Waals surface area contributed by atoms with Crippen LogP contribution in [-0.4, -0.2) is 67.2 Å². The van der Waals surface area contributed by atoms with Crippen molar-refractivity contribution >= 4 is 68.5 Å². The Kier molecular flexibility index (Phi) is 10.1. The fraction of sp³-hybridized carbons (Fsp3) is 0.391. The zero-order chi connectivity index (χ0) is 21.5. The monoisotopic (exact) mass is 509 g/mol. The summed E-state index contributed by atoms with van der Waals surface area (Å²) in [6, 6.07) is 16.6. The van der Waals surface area contributed by atoms with Crippen molar-refractivity contribution in [3.8, 4) is 0 Å². The maximum atomic E-state index is 13.2. The maximum Gasteiger partial charge on any atom is 0.229 e. The van der Waals surface area contributed by atoms with E-state index in [0.717, 1.165) is 53.9 Å². The predicted molar refractivity (Wildman–Crippen MR) is 140 cm³/mol. The fourth-order valence-electron chi connectivity index (χ4n) is 3.44. The first kappa shape index (κ1) is 25.3. The number of nitrogens with zero attached hydrogens (tertiary/aromatic N) is 3. The number of hydrogen-bond donors (Lipinski definition) is 0. The quantitative estimate of drug-likeness (QED) is 0.365. The van der Waals surface area contributed by atoms with Crippen LogP contribution in [0.4, 0.5) is 5.13 Å². The number of morpholine rings is 1. The number of thiazole rings is 1. The largest absolute Gasteiger partial charge is 0.379 e. The van der Waals surface area contributed by atoms with E-state index >= 15 is 0 Å². The van der Waals surface area contributed by atoms with Gasteiger partial charge in [0.2, 0.25) is 5.91 Å². The summed E-state index contributed by atoms with van der Waals surface area (Å²) < 4.78 is 6.59. The second kappa shape index (κ2) is 12.8. The van der Waals surface area contributed by atoms with Crippen molar-refractivity contribution < 1.29 is 9.53 Å². The van der Waals surface area contributed by atoms with Gasteiger partial charge < -0.3 is 4.74 Å². The number of ether oxygens (including phenoxy) is 1. The number of thioether (sulfide) groups is 2. The third kappa shape index (κ3) is 6.85. The average molecular weight is 510 g/mol. The molecular formula is C23H28ClN3O2S3. The number of amides is 1. The SMILES string of the molecule is CSc1ccc2nc(N(CCN3CCOCC3)C(=O)CCSc3ccccc3)sc2c1.Cl. The van der Waals surface area contributed by atoms with Crippen LogP contribution in [0.2, 0.25) is 0 Å². The molecule has 0 bridgehead atoms. The molecule has 5 nitrogen and oxygen atoms in total. The minimum Gasteiger partial charge on any atom is -0.379 e. The van der Waals surface area contributed by atoms with E-state index in [9.17, 15) is 4.79 Å². The van der Waals surface area contributed by atoms with E-state index in [2.05, 4.69) is 41.5 Å². The van der Waals surface area contributed by atoms with Gasteiger partial charge in [-0.2, -0.15) is 0 Å². The van der Waals surface area contributed by atoms with Crippen molar-refractivity contribution in [1.29, 1.82) is 0 Å². The molecular weight excluding hydrogens is 482 g/mol. The standard InChI is InChI=1S/C23H27N3O2S3.ClH/c1-29-19-7-8-20-21(17-19)31-23(24-20)26(11-10-25-12-14-28-15-13-25)22(27)9-16-30-18-5-3-2-4-6-18;/h2-8,17H,9-16H2,1H3;1H. The number of carbonyl (C=O) groups excluding carboxylic acids is 1. The van der Waals surface area contributed by atoms with Crippen LogP contribution in [0.5, 0.6) is 0 Å². The second-order valence-corrected chi connectivity index (χ2v) is 10.3. The molecule has 1 fully saturated rings. The number of carbonyl (C=O) groups is 1. The maximum absolute atomic E-state index is 13.2. The molecule has 9 heteroatoms. The van der Waals surface area contributed by atoms with Gasteiger partial charge in [0.25, 0.3) is 0 Å². The number of fused-ring (bicyclic) bond motifs is 1. The summed E-state index contributed by atoms with van der Waals surface area (Å²) in [5, 5.41) is 0.802. The molecule has 0 radical (unpaired) electrons. The first-order valence-corrected chi connectivity index (χ1v) is 13.5. The summed E-state index contributed by atoms with van der Waals surface area (Å²) in [5.74, 6) is 0.902. The molecule has 0 saturated carbocycles. The summed E-state index contributed by atoms with van der Waals surface area (Å²) in [6.07, 6.45) is 2.57. The Bertz CT molecular complexity index is 997. The molecule has 1 saturated heterocycles. The zero-order valence-electron chi connectivity index (χ0n) is 18.1. The van der Waals surface area contributed by atoms with Gasteiger partial charge in [0.05, 0.1) is 23.4 Å². The smallest absolute Gasteiger partial charge is 0.229 e. The van der Waals surface area contributed by atoms with Gasteiger partial charge in [0.1, 0.15) is 0 Å². The van der Waals surface area contributed by atoms with Gasteiger partial charge in [-0.1, -0.05) is 29.5 Å². The van der Waals surface area contributed by atoms with E-state index in [-0.39, 0.29) is 18.3 Å². The molecule has 172 valence electrons. The first-order valence-electron chi connectivity index (χ1n) is 10.5. The average Bonchev–Trinajstić information content (AvgIpc) is 3.23. The first-order chi connectivity index (χ1) is 15.2. The highest BCUT2D eigenvalue weighted by atomic mass is 35.5. The van der Waals surface area contributed by atoms with Gasteiger partial charge in [-0.05, 0) is 36.6 Å². The van der Waals surface area contributed by atoms with Crippen molar-refractivity contribution in [3.05, 3.63) is 48.5 Å². The molecule has 32 heavy (non-hydrogen) atoms. The van der Waals surface area contributed by atoms with Gasteiger partial charge in [-0.3, -0.25) is 14.6 Å². The van der Waals surface area contributed by atoms with Gasteiger partial charge in [-0.15, -0.1) is 35.9 Å². The zero-order valence-corrected chi connectivity index (χ0v) is 21.3. The van der Waals surface area contributed by atoms with Crippen LogP contribution in [0.15, 0.2) is 58.3 Å². The Morgan fingerprint density at radius 1 is 1.16 bits per heavy atom. The fourth-order valence-corrected chi connectivity index (χ4v) is 5.86. The van der Waals surface area contributed by atoms with Crippen LogP contribution in [0.3, 0.4) is 0 Å². The van der Waals surface area contributed by atoms with E-state index in [1.54, 1.807) is 34.9 Å². The third-order valence-electron chi connectivity index (χ3n) is 5.19. The number of rotatable bonds is 9. The van der Waals surface area contributed by atoms with Crippen molar-refractivity contribution in [2.75, 3.05) is 56.3 Å². The van der Waals surface area contributed by atoms with Crippen molar-refractivity contribution in [2.24, 2.45) is 0 Å². The van der Waals surface area contributed by atoms with Crippen LogP contribution >= 0.6 is 47.3 Å². The molecule has 2 heterocycles. The molecule has 1 aliphatic heterocycles. The highest BCUT2D eigenvalue weighted by molar-refractivity contribution is 7.99. The number of benzene rings is 2. The Morgan fingerprint density at radius 2 is 1.94 bits per heavy atom. The Morgan fingerprint density at radius 3 is 2.69 bits per heavy atom. The van der Waals surface area contributed by atoms with Crippen molar-refractivity contribution in [2.45, 2.75) is 16.2 Å². The topological polar surface area (TPSA) is 45.7 Å². The number of halogens is 1. The number of hydrogen-bond acceptors (Lipinski definition) is 7. The summed E-state index contributed by atoms with van der Waals surface area (Å²) in [4.78, 5) is 24.7. The van der Waals surface area contributed by atoms with E-state index in [4.69, 9.17) is 9.72 Å². The van der Waals surface area contributed by atoms with E-state index in [1.165, 1.54) is 9.79 Å². The molecule has 0 spiro atoms. The Balaban J connectivity index is 0.00000289. The molecule has 0 N–H and O–H groups in total. The number of anilines is 1. The molecule has 0 aliphatic carbocycles. The summed E-state index contributed by atoms with van der Waals surface area (Å²) in [6.45, 7) is 4.86. The number of aromatic nitrogens is 1. The van der Waals surface area contributed by atoms with Crippen molar-refractivity contribution in [3.63, 3.8) is 0 Å². The molecule has 0 atom stereocenters. The highest BCUT2D eigenvalue weighted by Crippen LogP contribution is 2.32. The summed E-state index contributed by atoms with van der Waals surface area (Å²) in [5.41, 5.74) is 0.959. The Labute approximate surface area is 208 Å². The van der Waals surface area contributed by atoms with E-state index in [0.29, 0.717) is 13.0 Å². The molecule has 1 aliphatic rings. The molecule has 1 aromatic heterocycles.